The summed E-state index contributed by atoms with van der Waals surface area (Å²) in [6, 6.07) is 0. The van der Waals surface area contributed by atoms with Gasteiger partial charge in [0.1, 0.15) is 12.4 Å². The van der Waals surface area contributed by atoms with Crippen LogP contribution >= 0.6 is 11.8 Å². The highest BCUT2D eigenvalue weighted by molar-refractivity contribution is 8.00. The van der Waals surface area contributed by atoms with Gasteiger partial charge in [-0.2, -0.15) is 0 Å². The number of nitrogen functional groups attached to an aromatic ring is 1. The van der Waals surface area contributed by atoms with Crippen LogP contribution in [0, 0.1) is 5.92 Å². The number of methoxy groups -OCH3 is 1. The number of hydrogen-bond donors (Lipinski definition) is 2. The summed E-state index contributed by atoms with van der Waals surface area (Å²) < 4.78 is 6.29. The molecule has 0 radical (unpaired) electrons. The molecule has 1 aliphatic rings. The van der Waals surface area contributed by atoms with Crippen molar-refractivity contribution in [3.05, 3.63) is 20.8 Å². The Morgan fingerprint density at radius 3 is 2.64 bits per heavy atom. The van der Waals surface area contributed by atoms with Crippen molar-refractivity contribution < 1.29 is 14.3 Å². The predicted molar refractivity (Wildman–Crippen MR) is 108 cm³/mol. The number of carbonyl (C=O) groups is 2. The second kappa shape index (κ2) is 9.78. The van der Waals surface area contributed by atoms with Crippen molar-refractivity contribution >= 4 is 35.1 Å². The van der Waals surface area contributed by atoms with Crippen molar-refractivity contribution in [1.29, 1.82) is 0 Å². The number of rotatable bonds is 9. The molecule has 10 nitrogen and oxygen atoms in total. The summed E-state index contributed by atoms with van der Waals surface area (Å²) in [5, 5.41) is 0. The number of amides is 2. The van der Waals surface area contributed by atoms with Gasteiger partial charge in [-0.25, -0.2) is 4.79 Å². The molecule has 11 heteroatoms. The van der Waals surface area contributed by atoms with Crippen LogP contribution < -0.4 is 21.9 Å². The maximum atomic E-state index is 12.9. The molecule has 1 aliphatic heterocycles. The van der Waals surface area contributed by atoms with Crippen LogP contribution in [0.25, 0.3) is 0 Å². The second-order valence-corrected chi connectivity index (χ2v) is 7.91. The van der Waals surface area contributed by atoms with Gasteiger partial charge in [-0.15, -0.1) is 11.8 Å². The molecule has 0 atom stereocenters. The molecular formula is C17H27N5O5S. The Kier molecular flexibility index (Phi) is 7.69. The molecule has 0 bridgehead atoms. The minimum atomic E-state index is -0.726. The molecule has 0 aromatic carbocycles. The fraction of sp³-hybridized carbons (Fsp3) is 0.647. The molecule has 28 heavy (non-hydrogen) atoms. The molecule has 1 aromatic rings. The number of nitrogens with zero attached hydrogens (tertiary/aromatic N) is 3. The van der Waals surface area contributed by atoms with E-state index in [1.54, 1.807) is 0 Å². The molecule has 1 aromatic heterocycles. The fourth-order valence-electron chi connectivity index (χ4n) is 2.90. The molecular weight excluding hydrogens is 386 g/mol. The number of thioether (sulfide) groups is 1. The number of nitrogens with two attached hydrogens (primary N) is 1. The first-order chi connectivity index (χ1) is 13.3. The first-order valence-corrected chi connectivity index (χ1v) is 10.2. The van der Waals surface area contributed by atoms with E-state index < -0.39 is 17.2 Å². The van der Waals surface area contributed by atoms with Gasteiger partial charge in [0.25, 0.3) is 5.56 Å². The number of hydrogen-bond acceptors (Lipinski definition) is 7. The Bertz CT molecular complexity index is 834. The van der Waals surface area contributed by atoms with Gasteiger partial charge in [0, 0.05) is 26.8 Å². The van der Waals surface area contributed by atoms with E-state index in [0.29, 0.717) is 31.2 Å². The summed E-state index contributed by atoms with van der Waals surface area (Å²) in [6.07, 6.45) is 0.465. The Hall–Kier alpha value is -2.27. The number of aromatic nitrogens is 2. The van der Waals surface area contributed by atoms with E-state index >= 15 is 0 Å². The molecule has 2 amide bonds. The maximum absolute atomic E-state index is 12.9. The quantitative estimate of drug-likeness (QED) is 0.530. The van der Waals surface area contributed by atoms with Crippen molar-refractivity contribution in [3.63, 3.8) is 0 Å². The third kappa shape index (κ3) is 5.16. The number of nitrogens with one attached hydrogen (secondary N) is 1. The fourth-order valence-corrected chi connectivity index (χ4v) is 3.81. The minimum absolute atomic E-state index is 0.0599. The van der Waals surface area contributed by atoms with Crippen LogP contribution in [0.3, 0.4) is 0 Å². The lowest BCUT2D eigenvalue weighted by Crippen LogP contribution is -2.46. The van der Waals surface area contributed by atoms with Gasteiger partial charge in [0.15, 0.2) is 5.69 Å². The summed E-state index contributed by atoms with van der Waals surface area (Å²) >= 11 is 1.43. The smallest absolute Gasteiger partial charge is 0.330 e. The lowest BCUT2D eigenvalue weighted by molar-refractivity contribution is -0.131. The van der Waals surface area contributed by atoms with Crippen molar-refractivity contribution in [2.75, 3.05) is 49.1 Å². The lowest BCUT2D eigenvalue weighted by atomic mass is 10.2. The van der Waals surface area contributed by atoms with Crippen molar-refractivity contribution in [2.45, 2.75) is 26.8 Å². The normalized spacial score (nSPS) is 14.1. The Balaban J connectivity index is 2.41. The van der Waals surface area contributed by atoms with E-state index in [9.17, 15) is 19.2 Å². The zero-order chi connectivity index (χ0) is 20.8. The Labute approximate surface area is 167 Å². The second-order valence-electron chi connectivity index (χ2n) is 6.96. The predicted octanol–water partition coefficient (Wildman–Crippen LogP) is -0.323. The van der Waals surface area contributed by atoms with Gasteiger partial charge >= 0.3 is 5.69 Å². The SMILES string of the molecule is COCCCN(C(=O)CN1CSCC1=O)c1c(N)n(CC(C)C)c(=O)[nH]c1=O. The standard InChI is InChI=1S/C17H27N5O5S/c1-11(2)7-22-15(18)14(16(25)19-17(22)26)21(5-4-6-27-3)12(23)8-20-10-28-9-13(20)24/h11H,4-10,18H2,1-3H3,(H,19,25,26). The highest BCUT2D eigenvalue weighted by Gasteiger charge is 2.29. The van der Waals surface area contributed by atoms with Gasteiger partial charge in [-0.1, -0.05) is 13.8 Å². The number of carbonyl (C=O) groups excluding carboxylic acids is 2. The van der Waals surface area contributed by atoms with Gasteiger partial charge in [-0.3, -0.25) is 23.9 Å². The third-order valence-corrected chi connectivity index (χ3v) is 5.16. The van der Waals surface area contributed by atoms with Crippen molar-refractivity contribution in [3.8, 4) is 0 Å². The van der Waals surface area contributed by atoms with Crippen LogP contribution in [0.2, 0.25) is 0 Å². The molecule has 1 saturated heterocycles. The van der Waals surface area contributed by atoms with Gasteiger partial charge in [-0.05, 0) is 12.3 Å². The summed E-state index contributed by atoms with van der Waals surface area (Å²) in [5.41, 5.74) is 4.73. The first kappa shape index (κ1) is 22.0. The molecule has 2 rings (SSSR count). The van der Waals surface area contributed by atoms with E-state index in [0.717, 1.165) is 0 Å². The highest BCUT2D eigenvalue weighted by atomic mass is 32.2. The molecule has 0 unspecified atom stereocenters. The minimum Gasteiger partial charge on any atom is -0.385 e. The van der Waals surface area contributed by atoms with Crippen LogP contribution in [0.15, 0.2) is 9.59 Å². The van der Waals surface area contributed by atoms with Gasteiger partial charge in [0.05, 0.1) is 11.6 Å². The maximum Gasteiger partial charge on any atom is 0.330 e. The molecule has 0 saturated carbocycles. The third-order valence-electron chi connectivity index (χ3n) is 4.21. The van der Waals surface area contributed by atoms with E-state index in [1.165, 1.54) is 33.2 Å². The number of aromatic amines is 1. The van der Waals surface area contributed by atoms with Crippen LogP contribution in [0.4, 0.5) is 11.5 Å². The Morgan fingerprint density at radius 1 is 1.36 bits per heavy atom. The van der Waals surface area contributed by atoms with Gasteiger partial charge < -0.3 is 20.3 Å². The topological polar surface area (TPSA) is 131 Å². The largest absolute Gasteiger partial charge is 0.385 e. The average molecular weight is 414 g/mol. The molecule has 3 N–H and O–H groups in total. The Morgan fingerprint density at radius 2 is 2.07 bits per heavy atom. The molecule has 0 aliphatic carbocycles. The van der Waals surface area contributed by atoms with Crippen LogP contribution in [0.1, 0.15) is 20.3 Å². The van der Waals surface area contributed by atoms with E-state index in [2.05, 4.69) is 4.98 Å². The number of ether oxygens (including phenoxy) is 1. The highest BCUT2D eigenvalue weighted by Crippen LogP contribution is 2.20. The molecule has 2 heterocycles. The van der Waals surface area contributed by atoms with Crippen LogP contribution in [0.5, 0.6) is 0 Å². The number of H-pyrrole nitrogens is 1. The molecule has 1 fully saturated rings. The van der Waals surface area contributed by atoms with E-state index in [4.69, 9.17) is 10.5 Å². The average Bonchev–Trinajstić information content (AvgIpc) is 3.01. The molecule has 0 spiro atoms. The first-order valence-electron chi connectivity index (χ1n) is 9.03. The summed E-state index contributed by atoms with van der Waals surface area (Å²) in [5.74, 6) is 0.250. The van der Waals surface area contributed by atoms with Crippen LogP contribution in [-0.4, -0.2) is 64.7 Å². The zero-order valence-corrected chi connectivity index (χ0v) is 17.2. The molecule has 156 valence electrons. The lowest BCUT2D eigenvalue weighted by Gasteiger charge is -2.26. The summed E-state index contributed by atoms with van der Waals surface area (Å²) in [7, 11) is 1.54. The van der Waals surface area contributed by atoms with Crippen molar-refractivity contribution in [2.24, 2.45) is 5.92 Å². The zero-order valence-electron chi connectivity index (χ0n) is 16.4. The van der Waals surface area contributed by atoms with E-state index in [1.807, 2.05) is 13.8 Å². The van der Waals surface area contributed by atoms with E-state index in [-0.39, 0.29) is 36.4 Å². The van der Waals surface area contributed by atoms with Crippen molar-refractivity contribution in [1.82, 2.24) is 14.5 Å². The van der Waals surface area contributed by atoms with Crippen LogP contribution in [-0.2, 0) is 20.9 Å². The monoisotopic (exact) mass is 413 g/mol. The summed E-state index contributed by atoms with van der Waals surface area (Å²) in [4.78, 5) is 54.4. The van der Waals surface area contributed by atoms with Gasteiger partial charge in [0.2, 0.25) is 11.8 Å². The summed E-state index contributed by atoms with van der Waals surface area (Å²) in [6.45, 7) is 4.53. The number of anilines is 2.